The number of benzene rings is 2. The minimum Gasteiger partial charge on any atom is -0.352 e. The Bertz CT molecular complexity index is 608. The first-order valence-corrected chi connectivity index (χ1v) is 9.28. The van der Waals surface area contributed by atoms with Gasteiger partial charge in [-0.3, -0.25) is 4.79 Å². The summed E-state index contributed by atoms with van der Waals surface area (Å²) in [7, 11) is 0. The number of amides is 1. The molecule has 0 spiro atoms. The molecule has 1 amide bonds. The molecule has 2 nitrogen and oxygen atoms in total. The molecule has 1 atom stereocenters. The number of thioether (sulfide) groups is 1. The van der Waals surface area contributed by atoms with E-state index in [0.29, 0.717) is 6.04 Å². The van der Waals surface area contributed by atoms with Gasteiger partial charge in [-0.05, 0) is 30.5 Å². The molecule has 1 fully saturated rings. The number of hydrogen-bond donors (Lipinski definition) is 1. The summed E-state index contributed by atoms with van der Waals surface area (Å²) in [6.45, 7) is 0. The van der Waals surface area contributed by atoms with Crippen LogP contribution < -0.4 is 5.32 Å². The quantitative estimate of drug-likeness (QED) is 0.786. The van der Waals surface area contributed by atoms with E-state index in [1.807, 2.05) is 48.5 Å². The summed E-state index contributed by atoms with van der Waals surface area (Å²) in [5, 5.41) is 3.08. The van der Waals surface area contributed by atoms with Gasteiger partial charge in [-0.15, -0.1) is 11.8 Å². The van der Waals surface area contributed by atoms with Crippen molar-refractivity contribution in [1.29, 1.82) is 0 Å². The normalized spacial score (nSPS) is 16.7. The van der Waals surface area contributed by atoms with Gasteiger partial charge < -0.3 is 5.32 Å². The first-order valence-electron chi connectivity index (χ1n) is 8.40. The van der Waals surface area contributed by atoms with Gasteiger partial charge in [0.1, 0.15) is 5.25 Å². The van der Waals surface area contributed by atoms with E-state index in [9.17, 15) is 4.79 Å². The first kappa shape index (κ1) is 16.1. The molecule has 0 aromatic heterocycles. The lowest BCUT2D eigenvalue weighted by molar-refractivity contribution is -0.121. The number of carbonyl (C=O) groups excluding carboxylic acids is 1. The smallest absolute Gasteiger partial charge is 0.238 e. The van der Waals surface area contributed by atoms with E-state index in [4.69, 9.17) is 0 Å². The van der Waals surface area contributed by atoms with Gasteiger partial charge in [-0.1, -0.05) is 67.8 Å². The van der Waals surface area contributed by atoms with Crippen LogP contribution in [-0.2, 0) is 4.79 Å². The molecule has 1 unspecified atom stereocenters. The molecule has 3 heteroatoms. The molecular formula is C20H23NOS. The highest BCUT2D eigenvalue weighted by Gasteiger charge is 2.25. The molecule has 2 aromatic carbocycles. The molecule has 1 N–H and O–H groups in total. The minimum atomic E-state index is -0.194. The third-order valence-electron chi connectivity index (χ3n) is 4.29. The largest absolute Gasteiger partial charge is 0.352 e. The van der Waals surface area contributed by atoms with E-state index in [1.54, 1.807) is 11.8 Å². The Morgan fingerprint density at radius 1 is 0.913 bits per heavy atom. The maximum absolute atomic E-state index is 12.9. The highest BCUT2D eigenvalue weighted by atomic mass is 32.2. The van der Waals surface area contributed by atoms with E-state index < -0.39 is 0 Å². The average molecular weight is 325 g/mol. The Hall–Kier alpha value is -1.74. The van der Waals surface area contributed by atoms with Crippen molar-refractivity contribution in [2.45, 2.75) is 48.3 Å². The van der Waals surface area contributed by atoms with Crippen molar-refractivity contribution < 1.29 is 4.79 Å². The second kappa shape index (κ2) is 8.21. The molecule has 0 heterocycles. The lowest BCUT2D eigenvalue weighted by Crippen LogP contribution is -2.38. The number of nitrogens with one attached hydrogen (secondary N) is 1. The van der Waals surface area contributed by atoms with Crippen LogP contribution in [0.5, 0.6) is 0 Å². The van der Waals surface area contributed by atoms with E-state index in [-0.39, 0.29) is 11.2 Å². The van der Waals surface area contributed by atoms with Crippen LogP contribution >= 0.6 is 11.8 Å². The van der Waals surface area contributed by atoms with E-state index >= 15 is 0 Å². The third kappa shape index (κ3) is 4.61. The highest BCUT2D eigenvalue weighted by Crippen LogP contribution is 2.35. The fraction of sp³-hybridized carbons (Fsp3) is 0.350. The molecule has 0 saturated heterocycles. The molecule has 23 heavy (non-hydrogen) atoms. The van der Waals surface area contributed by atoms with Crippen LogP contribution in [0.15, 0.2) is 65.6 Å². The molecular weight excluding hydrogens is 302 g/mol. The monoisotopic (exact) mass is 325 g/mol. The molecule has 1 saturated carbocycles. The Morgan fingerprint density at radius 3 is 2.17 bits per heavy atom. The zero-order valence-corrected chi connectivity index (χ0v) is 14.1. The lowest BCUT2D eigenvalue weighted by Gasteiger charge is -2.25. The van der Waals surface area contributed by atoms with Gasteiger partial charge in [-0.25, -0.2) is 0 Å². The standard InChI is InChI=1S/C20H23NOS/c22-20(21-17-12-6-2-7-13-17)19(16-10-4-1-5-11-16)23-18-14-8-3-9-15-18/h1,3-5,8-11,14-15,17,19H,2,6-7,12-13H2,(H,21,22). The van der Waals surface area contributed by atoms with Crippen LogP contribution in [0.25, 0.3) is 0 Å². The van der Waals surface area contributed by atoms with Crippen LogP contribution in [0.2, 0.25) is 0 Å². The molecule has 0 radical (unpaired) electrons. The van der Waals surface area contributed by atoms with Crippen molar-refractivity contribution in [3.05, 3.63) is 66.2 Å². The fourth-order valence-corrected chi connectivity index (χ4v) is 4.11. The van der Waals surface area contributed by atoms with Crippen LogP contribution in [0.1, 0.15) is 42.9 Å². The van der Waals surface area contributed by atoms with Crippen LogP contribution in [0.3, 0.4) is 0 Å². The van der Waals surface area contributed by atoms with Crippen molar-refractivity contribution in [2.75, 3.05) is 0 Å². The summed E-state index contributed by atoms with van der Waals surface area (Å²) in [6, 6.07) is 20.6. The first-order chi connectivity index (χ1) is 11.3. The van der Waals surface area contributed by atoms with Gasteiger partial charge in [0.05, 0.1) is 0 Å². The zero-order chi connectivity index (χ0) is 15.9. The SMILES string of the molecule is O=C(NC1CCCCC1)C(Sc1ccccc1)c1ccccc1. The van der Waals surface area contributed by atoms with Crippen LogP contribution in [-0.4, -0.2) is 11.9 Å². The van der Waals surface area contributed by atoms with Crippen molar-refractivity contribution in [3.8, 4) is 0 Å². The molecule has 120 valence electrons. The second-order valence-electron chi connectivity index (χ2n) is 6.07. The Labute approximate surface area is 142 Å². The van der Waals surface area contributed by atoms with E-state index in [1.165, 1.54) is 19.3 Å². The van der Waals surface area contributed by atoms with Crippen molar-refractivity contribution in [3.63, 3.8) is 0 Å². The van der Waals surface area contributed by atoms with E-state index in [2.05, 4.69) is 17.4 Å². The zero-order valence-electron chi connectivity index (χ0n) is 13.3. The van der Waals surface area contributed by atoms with Crippen molar-refractivity contribution in [2.24, 2.45) is 0 Å². The summed E-state index contributed by atoms with van der Waals surface area (Å²) in [4.78, 5) is 14.0. The summed E-state index contributed by atoms with van der Waals surface area (Å²) in [5.74, 6) is 0.136. The molecule has 1 aliphatic carbocycles. The van der Waals surface area contributed by atoms with Gasteiger partial charge in [0.25, 0.3) is 0 Å². The predicted molar refractivity (Wildman–Crippen MR) is 96.5 cm³/mol. The molecule has 1 aliphatic rings. The van der Waals surface area contributed by atoms with Gasteiger partial charge >= 0.3 is 0 Å². The molecule has 3 rings (SSSR count). The second-order valence-corrected chi connectivity index (χ2v) is 7.24. The Balaban J connectivity index is 1.75. The van der Waals surface area contributed by atoms with Gasteiger partial charge in [0, 0.05) is 10.9 Å². The highest BCUT2D eigenvalue weighted by molar-refractivity contribution is 8.00. The topological polar surface area (TPSA) is 29.1 Å². The summed E-state index contributed by atoms with van der Waals surface area (Å²) >= 11 is 1.63. The average Bonchev–Trinajstić information content (AvgIpc) is 2.62. The Morgan fingerprint density at radius 2 is 1.52 bits per heavy atom. The lowest BCUT2D eigenvalue weighted by atomic mass is 9.95. The minimum absolute atomic E-state index is 0.136. The third-order valence-corrected chi connectivity index (χ3v) is 5.56. The van der Waals surface area contributed by atoms with Crippen LogP contribution in [0.4, 0.5) is 0 Å². The van der Waals surface area contributed by atoms with Gasteiger partial charge in [-0.2, -0.15) is 0 Å². The van der Waals surface area contributed by atoms with Crippen LogP contribution in [0, 0.1) is 0 Å². The maximum atomic E-state index is 12.9. The number of carbonyl (C=O) groups is 1. The molecule has 0 aliphatic heterocycles. The van der Waals surface area contributed by atoms with E-state index in [0.717, 1.165) is 23.3 Å². The Kier molecular flexibility index (Phi) is 5.76. The van der Waals surface area contributed by atoms with Crippen molar-refractivity contribution in [1.82, 2.24) is 5.32 Å². The maximum Gasteiger partial charge on any atom is 0.238 e. The number of hydrogen-bond acceptors (Lipinski definition) is 2. The summed E-state index contributed by atoms with van der Waals surface area (Å²) < 4.78 is 0. The van der Waals surface area contributed by atoms with Gasteiger partial charge in [0.2, 0.25) is 5.91 Å². The summed E-state index contributed by atoms with van der Waals surface area (Å²) in [5.41, 5.74) is 1.06. The molecule has 2 aromatic rings. The summed E-state index contributed by atoms with van der Waals surface area (Å²) in [6.07, 6.45) is 5.99. The van der Waals surface area contributed by atoms with Crippen molar-refractivity contribution >= 4 is 17.7 Å². The fourth-order valence-electron chi connectivity index (χ4n) is 3.06. The van der Waals surface area contributed by atoms with Gasteiger partial charge in [0.15, 0.2) is 0 Å². The predicted octanol–water partition coefficient (Wildman–Crippen LogP) is 4.97. The molecule has 0 bridgehead atoms. The number of rotatable bonds is 5.